The summed E-state index contributed by atoms with van der Waals surface area (Å²) in [6, 6.07) is 15.5. The molecule has 1 aliphatic heterocycles. The molecule has 0 aliphatic carbocycles. The minimum atomic E-state index is -0.179. The van der Waals surface area contributed by atoms with Crippen LogP contribution in [0.1, 0.15) is 6.92 Å². The molecule has 7 heteroatoms. The first-order valence-corrected chi connectivity index (χ1v) is 9.02. The van der Waals surface area contributed by atoms with Crippen LogP contribution in [0.25, 0.3) is 11.0 Å². The fraction of sp³-hybridized carbons (Fsp3) is 0.143. The van der Waals surface area contributed by atoms with E-state index >= 15 is 0 Å². The van der Waals surface area contributed by atoms with Gasteiger partial charge >= 0.3 is 0 Å². The van der Waals surface area contributed by atoms with Crippen LogP contribution in [0.3, 0.4) is 0 Å². The van der Waals surface area contributed by atoms with Crippen molar-refractivity contribution < 1.29 is 9.53 Å². The molecule has 0 radical (unpaired) electrons. The molecule has 4 rings (SSSR count). The van der Waals surface area contributed by atoms with Gasteiger partial charge < -0.3 is 25.7 Å². The predicted octanol–water partition coefficient (Wildman–Crippen LogP) is 3.19. The molecule has 1 amide bonds. The summed E-state index contributed by atoms with van der Waals surface area (Å²) in [4.78, 5) is 19.7. The maximum Gasteiger partial charge on any atom is 0.267 e. The number of anilines is 2. The van der Waals surface area contributed by atoms with Crippen LogP contribution in [0.15, 0.2) is 72.1 Å². The number of amides is 1. The highest BCUT2D eigenvalue weighted by Gasteiger charge is 2.17. The number of rotatable bonds is 5. The zero-order valence-corrected chi connectivity index (χ0v) is 15.6. The Morgan fingerprint density at radius 1 is 1.18 bits per heavy atom. The molecule has 3 aromatic rings. The molecule has 1 aliphatic rings. The van der Waals surface area contributed by atoms with E-state index in [1.165, 1.54) is 0 Å². The summed E-state index contributed by atoms with van der Waals surface area (Å²) in [7, 11) is 1.60. The molecule has 1 atom stereocenters. The normalized spacial score (nSPS) is 16.0. The number of para-hydroxylation sites is 1. The van der Waals surface area contributed by atoms with Crippen LogP contribution < -0.4 is 20.7 Å². The van der Waals surface area contributed by atoms with E-state index in [0.29, 0.717) is 23.2 Å². The van der Waals surface area contributed by atoms with Crippen molar-refractivity contribution in [3.63, 3.8) is 0 Å². The van der Waals surface area contributed by atoms with Gasteiger partial charge in [-0.1, -0.05) is 18.2 Å². The van der Waals surface area contributed by atoms with Gasteiger partial charge in [0.05, 0.1) is 11.0 Å². The Balaban J connectivity index is 1.55. The van der Waals surface area contributed by atoms with E-state index in [9.17, 15) is 4.79 Å². The third-order valence-corrected chi connectivity index (χ3v) is 4.28. The van der Waals surface area contributed by atoms with Crippen molar-refractivity contribution >= 4 is 28.6 Å². The number of nitrogens with zero attached hydrogens (tertiary/aromatic N) is 1. The van der Waals surface area contributed by atoms with Crippen LogP contribution in [0, 0.1) is 0 Å². The number of dihydropyridines is 1. The lowest BCUT2D eigenvalue weighted by molar-refractivity contribution is -0.117. The number of nitrogens with one attached hydrogen (secondary N) is 4. The Kier molecular flexibility index (Phi) is 4.72. The van der Waals surface area contributed by atoms with Crippen molar-refractivity contribution in [2.75, 3.05) is 12.4 Å². The number of hydrogen-bond donors (Lipinski definition) is 4. The van der Waals surface area contributed by atoms with Crippen molar-refractivity contribution in [2.24, 2.45) is 0 Å². The molecular formula is C21H21N5O2. The van der Waals surface area contributed by atoms with Crippen LogP contribution >= 0.6 is 0 Å². The van der Waals surface area contributed by atoms with Gasteiger partial charge in [0.2, 0.25) is 5.95 Å². The predicted molar refractivity (Wildman–Crippen MR) is 109 cm³/mol. The number of ether oxygens (including phenoxy) is 1. The number of aromatic amines is 1. The number of aromatic nitrogens is 2. The summed E-state index contributed by atoms with van der Waals surface area (Å²) in [5.74, 6) is 1.76. The minimum Gasteiger partial charge on any atom is -0.457 e. The van der Waals surface area contributed by atoms with E-state index in [2.05, 4.69) is 25.9 Å². The Morgan fingerprint density at radius 2 is 2.00 bits per heavy atom. The Labute approximate surface area is 162 Å². The second kappa shape index (κ2) is 7.48. The number of imidazole rings is 1. The van der Waals surface area contributed by atoms with Gasteiger partial charge in [0.1, 0.15) is 17.2 Å². The molecular weight excluding hydrogens is 354 g/mol. The minimum absolute atomic E-state index is 0.00939. The van der Waals surface area contributed by atoms with Gasteiger partial charge in [-0.2, -0.15) is 0 Å². The zero-order valence-electron chi connectivity index (χ0n) is 15.6. The van der Waals surface area contributed by atoms with Crippen LogP contribution in [0.4, 0.5) is 11.6 Å². The van der Waals surface area contributed by atoms with Crippen molar-refractivity contribution in [3.05, 3.63) is 72.1 Å². The first-order valence-electron chi connectivity index (χ1n) is 9.02. The van der Waals surface area contributed by atoms with Gasteiger partial charge in [0.25, 0.3) is 5.91 Å². The standard InChI is InChI=1S/C21H21N5O2/c1-13-10-16(12-19(23-13)20(27)22-2)28-15-8-9-17-18(11-15)26-21(25-17)24-14-6-4-3-5-7-14/h3-13,23H,1-2H3,(H,22,27)(H2,24,25,26). The first kappa shape index (κ1) is 17.7. The van der Waals surface area contributed by atoms with Crippen molar-refractivity contribution in [1.29, 1.82) is 0 Å². The topological polar surface area (TPSA) is 91.1 Å². The average molecular weight is 375 g/mol. The molecule has 2 heterocycles. The molecule has 142 valence electrons. The Morgan fingerprint density at radius 3 is 2.79 bits per heavy atom. The van der Waals surface area contributed by atoms with Crippen molar-refractivity contribution in [3.8, 4) is 5.75 Å². The third-order valence-electron chi connectivity index (χ3n) is 4.28. The van der Waals surface area contributed by atoms with Crippen molar-refractivity contribution in [1.82, 2.24) is 20.6 Å². The maximum absolute atomic E-state index is 11.9. The number of hydrogen-bond acceptors (Lipinski definition) is 5. The summed E-state index contributed by atoms with van der Waals surface area (Å²) >= 11 is 0. The van der Waals surface area contributed by atoms with E-state index in [0.717, 1.165) is 16.7 Å². The lowest BCUT2D eigenvalue weighted by Crippen LogP contribution is -2.36. The van der Waals surface area contributed by atoms with E-state index in [1.807, 2.05) is 61.5 Å². The Hall–Kier alpha value is -3.74. The second-order valence-electron chi connectivity index (χ2n) is 6.50. The van der Waals surface area contributed by atoms with Gasteiger partial charge in [-0.3, -0.25) is 4.79 Å². The second-order valence-corrected chi connectivity index (χ2v) is 6.50. The number of benzene rings is 2. The summed E-state index contributed by atoms with van der Waals surface area (Å²) in [6.45, 7) is 1.96. The van der Waals surface area contributed by atoms with Crippen LogP contribution in [0.5, 0.6) is 5.75 Å². The number of carbonyl (C=O) groups is 1. The molecule has 0 fully saturated rings. The van der Waals surface area contributed by atoms with Gasteiger partial charge in [-0.25, -0.2) is 4.98 Å². The number of allylic oxidation sites excluding steroid dienone is 1. The zero-order chi connectivity index (χ0) is 19.5. The highest BCUT2D eigenvalue weighted by atomic mass is 16.5. The summed E-state index contributed by atoms with van der Waals surface area (Å²) in [6.07, 6.45) is 3.62. The smallest absolute Gasteiger partial charge is 0.267 e. The Bertz CT molecular complexity index is 1070. The van der Waals surface area contributed by atoms with Crippen LogP contribution in [-0.2, 0) is 4.79 Å². The molecule has 2 aromatic carbocycles. The summed E-state index contributed by atoms with van der Waals surface area (Å²) < 4.78 is 5.98. The largest absolute Gasteiger partial charge is 0.457 e. The lowest BCUT2D eigenvalue weighted by Gasteiger charge is -2.20. The van der Waals surface area contributed by atoms with Gasteiger partial charge in [0.15, 0.2) is 0 Å². The SMILES string of the molecule is CNC(=O)C1=CC(Oc2ccc3nc(Nc4ccccc4)[nH]c3c2)=CC(C)N1. The number of fused-ring (bicyclic) bond motifs is 1. The number of carbonyl (C=O) groups excluding carboxylic acids is 1. The highest BCUT2D eigenvalue weighted by molar-refractivity contribution is 5.93. The summed E-state index contributed by atoms with van der Waals surface area (Å²) in [5, 5.41) is 8.96. The molecule has 0 spiro atoms. The first-order chi connectivity index (χ1) is 13.6. The van der Waals surface area contributed by atoms with Crippen molar-refractivity contribution in [2.45, 2.75) is 13.0 Å². The summed E-state index contributed by atoms with van der Waals surface area (Å²) in [5.41, 5.74) is 3.12. The molecule has 0 saturated carbocycles. The van der Waals surface area contributed by atoms with E-state index in [-0.39, 0.29) is 11.9 Å². The number of H-pyrrole nitrogens is 1. The average Bonchev–Trinajstić information content (AvgIpc) is 3.09. The fourth-order valence-electron chi connectivity index (χ4n) is 3.00. The maximum atomic E-state index is 11.9. The third kappa shape index (κ3) is 3.83. The van der Waals surface area contributed by atoms with Crippen LogP contribution in [0.2, 0.25) is 0 Å². The molecule has 0 bridgehead atoms. The molecule has 7 nitrogen and oxygen atoms in total. The van der Waals surface area contributed by atoms with E-state index < -0.39 is 0 Å². The van der Waals surface area contributed by atoms with Gasteiger partial charge in [0, 0.05) is 30.9 Å². The number of likely N-dealkylation sites (N-methyl/N-ethyl adjacent to an activating group) is 1. The molecule has 1 aromatic heterocycles. The lowest BCUT2D eigenvalue weighted by atomic mass is 10.1. The molecule has 4 N–H and O–H groups in total. The van der Waals surface area contributed by atoms with Gasteiger partial charge in [-0.15, -0.1) is 0 Å². The molecule has 28 heavy (non-hydrogen) atoms. The highest BCUT2D eigenvalue weighted by Crippen LogP contribution is 2.25. The van der Waals surface area contributed by atoms with E-state index in [1.54, 1.807) is 13.1 Å². The molecule has 1 unspecified atom stereocenters. The fourth-order valence-corrected chi connectivity index (χ4v) is 3.00. The molecule has 0 saturated heterocycles. The van der Waals surface area contributed by atoms with Crippen LogP contribution in [-0.4, -0.2) is 29.0 Å². The monoisotopic (exact) mass is 375 g/mol. The quantitative estimate of drug-likeness (QED) is 0.550. The van der Waals surface area contributed by atoms with Gasteiger partial charge in [-0.05, 0) is 37.3 Å². The van der Waals surface area contributed by atoms with E-state index in [4.69, 9.17) is 4.74 Å².